The highest BCUT2D eigenvalue weighted by atomic mass is 35.5. The van der Waals surface area contributed by atoms with Crippen LogP contribution in [0.5, 0.6) is 0 Å². The van der Waals surface area contributed by atoms with Crippen LogP contribution in [0.1, 0.15) is 11.1 Å². The molecular weight excluding hydrogens is 302 g/mol. The van der Waals surface area contributed by atoms with Crippen molar-refractivity contribution in [2.45, 2.75) is 12.2 Å². The van der Waals surface area contributed by atoms with E-state index >= 15 is 0 Å². The van der Waals surface area contributed by atoms with Crippen LogP contribution >= 0.6 is 11.6 Å². The molecule has 1 aromatic carbocycles. The minimum Gasteiger partial charge on any atom is -0.384 e. The molecule has 0 spiro atoms. The number of fused-ring (bicyclic) bond motifs is 1. The standard InChI is InChI=1S/C11H6ClF4N3O/c12-7-3-5-6(11(15,16)20-10(5,13)14)4-8(7)19-9(17)1-2-18-19/h1-4H,17H2. The third-order valence-corrected chi connectivity index (χ3v) is 3.17. The molecule has 0 aliphatic carbocycles. The van der Waals surface area contributed by atoms with Crippen LogP contribution in [-0.2, 0) is 17.0 Å². The Morgan fingerprint density at radius 3 is 2.30 bits per heavy atom. The summed E-state index contributed by atoms with van der Waals surface area (Å²) >= 11 is 5.84. The lowest BCUT2D eigenvalue weighted by atomic mass is 10.1. The van der Waals surface area contributed by atoms with Crippen LogP contribution in [-0.4, -0.2) is 9.78 Å². The highest BCUT2D eigenvalue weighted by molar-refractivity contribution is 6.32. The molecule has 4 nitrogen and oxygen atoms in total. The summed E-state index contributed by atoms with van der Waals surface area (Å²) in [6, 6.07) is 2.93. The van der Waals surface area contributed by atoms with Crippen molar-refractivity contribution >= 4 is 17.4 Å². The van der Waals surface area contributed by atoms with Gasteiger partial charge in [-0.05, 0) is 12.1 Å². The van der Waals surface area contributed by atoms with E-state index < -0.39 is 23.3 Å². The molecule has 1 aromatic heterocycles. The molecule has 2 N–H and O–H groups in total. The Morgan fingerprint density at radius 2 is 1.75 bits per heavy atom. The van der Waals surface area contributed by atoms with Crippen molar-refractivity contribution in [3.63, 3.8) is 0 Å². The number of alkyl halides is 4. The first-order valence-electron chi connectivity index (χ1n) is 5.32. The van der Waals surface area contributed by atoms with Crippen LogP contribution < -0.4 is 5.73 Å². The summed E-state index contributed by atoms with van der Waals surface area (Å²) < 4.78 is 58.2. The van der Waals surface area contributed by atoms with E-state index in [2.05, 4.69) is 9.84 Å². The van der Waals surface area contributed by atoms with Gasteiger partial charge in [-0.2, -0.15) is 22.7 Å². The van der Waals surface area contributed by atoms with E-state index in [0.29, 0.717) is 0 Å². The summed E-state index contributed by atoms with van der Waals surface area (Å²) in [7, 11) is 0. The molecule has 3 rings (SSSR count). The van der Waals surface area contributed by atoms with Gasteiger partial charge in [0.15, 0.2) is 0 Å². The van der Waals surface area contributed by atoms with Crippen LogP contribution in [0.15, 0.2) is 24.4 Å². The fraction of sp³-hybridized carbons (Fsp3) is 0.182. The van der Waals surface area contributed by atoms with Gasteiger partial charge in [0, 0.05) is 6.07 Å². The molecule has 2 aromatic rings. The van der Waals surface area contributed by atoms with E-state index in [9.17, 15) is 17.6 Å². The Hall–Kier alpha value is -1.80. The van der Waals surface area contributed by atoms with E-state index in [1.165, 1.54) is 12.3 Å². The number of halogens is 5. The maximum Gasteiger partial charge on any atom is 0.388 e. The summed E-state index contributed by atoms with van der Waals surface area (Å²) in [6.45, 7) is 0. The predicted molar refractivity (Wildman–Crippen MR) is 61.9 cm³/mol. The quantitative estimate of drug-likeness (QED) is 0.823. The molecule has 106 valence electrons. The topological polar surface area (TPSA) is 53.1 Å². The SMILES string of the molecule is Nc1ccnn1-c1cc2c(cc1Cl)C(F)(F)OC2(F)F. The lowest BCUT2D eigenvalue weighted by Gasteiger charge is -2.11. The van der Waals surface area contributed by atoms with E-state index in [1.54, 1.807) is 0 Å². The molecule has 0 bridgehead atoms. The first-order valence-corrected chi connectivity index (χ1v) is 5.70. The fourth-order valence-corrected chi connectivity index (χ4v) is 2.24. The highest BCUT2D eigenvalue weighted by Gasteiger charge is 2.57. The molecule has 0 fully saturated rings. The van der Waals surface area contributed by atoms with Gasteiger partial charge in [0.05, 0.1) is 28.0 Å². The third-order valence-electron chi connectivity index (χ3n) is 2.87. The Bertz CT molecular complexity index is 701. The first-order chi connectivity index (χ1) is 9.22. The number of hydrogen-bond acceptors (Lipinski definition) is 3. The largest absolute Gasteiger partial charge is 0.388 e. The zero-order valence-electron chi connectivity index (χ0n) is 9.58. The van der Waals surface area contributed by atoms with Gasteiger partial charge in [0.1, 0.15) is 5.82 Å². The van der Waals surface area contributed by atoms with Crippen LogP contribution in [0, 0.1) is 0 Å². The lowest BCUT2D eigenvalue weighted by molar-refractivity contribution is -0.369. The van der Waals surface area contributed by atoms with Gasteiger partial charge in [-0.15, -0.1) is 0 Å². The predicted octanol–water partition coefficient (Wildman–Crippen LogP) is 3.24. The molecule has 0 atom stereocenters. The molecule has 0 radical (unpaired) electrons. The van der Waals surface area contributed by atoms with Gasteiger partial charge in [-0.25, -0.2) is 9.42 Å². The molecule has 0 unspecified atom stereocenters. The van der Waals surface area contributed by atoms with Gasteiger partial charge in [-0.1, -0.05) is 11.6 Å². The van der Waals surface area contributed by atoms with Crippen molar-refractivity contribution in [2.75, 3.05) is 5.73 Å². The number of hydrogen-bond donors (Lipinski definition) is 1. The number of ether oxygens (including phenoxy) is 1. The molecule has 0 saturated heterocycles. The Morgan fingerprint density at radius 1 is 1.15 bits per heavy atom. The average Bonchev–Trinajstić information content (AvgIpc) is 2.79. The molecule has 9 heteroatoms. The fourth-order valence-electron chi connectivity index (χ4n) is 1.99. The van der Waals surface area contributed by atoms with E-state index in [4.69, 9.17) is 17.3 Å². The summed E-state index contributed by atoms with van der Waals surface area (Å²) in [5, 5.41) is 3.60. The second-order valence-corrected chi connectivity index (χ2v) is 4.56. The Labute approximate surface area is 114 Å². The second kappa shape index (κ2) is 3.86. The number of benzene rings is 1. The zero-order chi connectivity index (χ0) is 14.7. The molecule has 1 aliphatic rings. The molecule has 0 saturated carbocycles. The number of rotatable bonds is 1. The third kappa shape index (κ3) is 1.75. The maximum atomic E-state index is 13.5. The summed E-state index contributed by atoms with van der Waals surface area (Å²) in [5.41, 5.74) is 3.62. The van der Waals surface area contributed by atoms with Crippen molar-refractivity contribution in [1.29, 1.82) is 0 Å². The van der Waals surface area contributed by atoms with E-state index in [-0.39, 0.29) is 16.5 Å². The van der Waals surface area contributed by atoms with Gasteiger partial charge in [0.25, 0.3) is 0 Å². The minimum atomic E-state index is -4.11. The van der Waals surface area contributed by atoms with Crippen molar-refractivity contribution < 1.29 is 22.3 Å². The Balaban J connectivity index is 2.26. The van der Waals surface area contributed by atoms with E-state index in [1.807, 2.05) is 0 Å². The molecule has 2 heterocycles. The van der Waals surface area contributed by atoms with Gasteiger partial charge >= 0.3 is 12.2 Å². The van der Waals surface area contributed by atoms with Gasteiger partial charge in [0.2, 0.25) is 0 Å². The van der Waals surface area contributed by atoms with Crippen molar-refractivity contribution in [2.24, 2.45) is 0 Å². The normalized spacial score (nSPS) is 19.1. The van der Waals surface area contributed by atoms with Crippen molar-refractivity contribution in [1.82, 2.24) is 9.78 Å². The first kappa shape index (κ1) is 13.2. The monoisotopic (exact) mass is 307 g/mol. The van der Waals surface area contributed by atoms with Crippen LogP contribution in [0.25, 0.3) is 5.69 Å². The van der Waals surface area contributed by atoms with Crippen molar-refractivity contribution in [3.8, 4) is 5.69 Å². The average molecular weight is 308 g/mol. The number of anilines is 1. The molecule has 20 heavy (non-hydrogen) atoms. The Kier molecular flexibility index (Phi) is 2.55. The highest BCUT2D eigenvalue weighted by Crippen LogP contribution is 2.52. The van der Waals surface area contributed by atoms with Crippen LogP contribution in [0.4, 0.5) is 23.4 Å². The lowest BCUT2D eigenvalue weighted by Crippen LogP contribution is -2.17. The summed E-state index contributed by atoms with van der Waals surface area (Å²) in [5.74, 6) is 0.126. The van der Waals surface area contributed by atoms with Crippen LogP contribution in [0.2, 0.25) is 5.02 Å². The second-order valence-electron chi connectivity index (χ2n) is 4.15. The maximum absolute atomic E-state index is 13.5. The van der Waals surface area contributed by atoms with Gasteiger partial charge < -0.3 is 5.73 Å². The van der Waals surface area contributed by atoms with Crippen LogP contribution in [0.3, 0.4) is 0 Å². The summed E-state index contributed by atoms with van der Waals surface area (Å²) in [4.78, 5) is 0. The number of nitrogens with two attached hydrogens (primary N) is 1. The van der Waals surface area contributed by atoms with Gasteiger partial charge in [-0.3, -0.25) is 0 Å². The molecule has 1 aliphatic heterocycles. The minimum absolute atomic E-state index is 0.0334. The summed E-state index contributed by atoms with van der Waals surface area (Å²) in [6.07, 6.45) is -6.89. The number of nitrogens with zero attached hydrogens (tertiary/aromatic N) is 2. The molecule has 0 amide bonds. The zero-order valence-corrected chi connectivity index (χ0v) is 10.3. The van der Waals surface area contributed by atoms with E-state index in [0.717, 1.165) is 16.8 Å². The number of aromatic nitrogens is 2. The number of nitrogen functional groups attached to an aromatic ring is 1. The molecular formula is C11H6ClF4N3O. The smallest absolute Gasteiger partial charge is 0.384 e. The van der Waals surface area contributed by atoms with Crippen molar-refractivity contribution in [3.05, 3.63) is 40.5 Å².